The van der Waals surface area contributed by atoms with E-state index < -0.39 is 0 Å². The lowest BCUT2D eigenvalue weighted by atomic mass is 10.2. The zero-order valence-corrected chi connectivity index (χ0v) is 21.3. The second kappa shape index (κ2) is 11.2. The van der Waals surface area contributed by atoms with Crippen LogP contribution in [0, 0.1) is 6.45 Å². The fourth-order valence-electron chi connectivity index (χ4n) is 2.52. The van der Waals surface area contributed by atoms with Gasteiger partial charge in [0.15, 0.2) is 15.5 Å². The number of halogens is 2. The molecule has 1 amide bonds. The Hall–Kier alpha value is -1.53. The molecule has 0 spiro atoms. The Kier molecular flexibility index (Phi) is 8.63. The van der Waals surface area contributed by atoms with E-state index in [-0.39, 0.29) is 50.9 Å². The molecule has 9 heteroatoms. The maximum absolute atomic E-state index is 12.7. The van der Waals surface area contributed by atoms with E-state index in [4.69, 9.17) is 9.47 Å². The van der Waals surface area contributed by atoms with Crippen LogP contribution in [0.15, 0.2) is 60.0 Å². The van der Waals surface area contributed by atoms with Crippen LogP contribution in [-0.4, -0.2) is 24.3 Å². The molecule has 5 nitrogen and oxygen atoms in total. The zero-order valence-electron chi connectivity index (χ0n) is 15.9. The lowest BCUT2D eigenvalue weighted by Crippen LogP contribution is -3.61. The highest BCUT2D eigenvalue weighted by Crippen LogP contribution is 2.29. The average molecular weight is 617 g/mol. The van der Waals surface area contributed by atoms with Gasteiger partial charge in [0.2, 0.25) is 2.88 Å². The Balaban J connectivity index is 0.00000256. The van der Waals surface area contributed by atoms with E-state index in [2.05, 4.69) is 33.9 Å². The quantitative estimate of drug-likeness (QED) is 0.159. The number of fused-ring (bicyclic) bond motifs is 1. The van der Waals surface area contributed by atoms with E-state index in [0.29, 0.717) is 17.3 Å². The lowest BCUT2D eigenvalue weighted by molar-refractivity contribution is -0.591. The third-order valence-corrected chi connectivity index (χ3v) is 8.92. The first-order valence-corrected chi connectivity index (χ1v) is 12.8. The largest absolute Gasteiger partial charge is 1.00 e. The molecule has 0 fully saturated rings. The van der Waals surface area contributed by atoms with Crippen molar-refractivity contribution in [3.8, 4) is 5.75 Å². The van der Waals surface area contributed by atoms with Crippen molar-refractivity contribution in [1.29, 1.82) is 0 Å². The number of hydrogen-bond donors (Lipinski definition) is 1. The molecule has 2 aromatic carbocycles. The third kappa shape index (κ3) is 6.01. The molecule has 0 aliphatic carbocycles. The van der Waals surface area contributed by atoms with E-state index in [1.165, 1.54) is 17.8 Å². The number of benzene rings is 2. The second-order valence-corrected chi connectivity index (χ2v) is 11.5. The van der Waals surface area contributed by atoms with Crippen molar-refractivity contribution in [2.45, 2.75) is 6.92 Å². The van der Waals surface area contributed by atoms with E-state index in [1.807, 2.05) is 43.3 Å². The number of rotatable bonds is 8. The number of nitrogens with one attached hydrogen (secondary N) is 1. The average Bonchev–Trinajstić information content (AvgIpc) is 3.37. The number of carbonyl (C=O) groups is 1. The van der Waals surface area contributed by atoms with Gasteiger partial charge in [0.1, 0.15) is 5.75 Å². The number of ether oxygens (including phenoxy) is 2. The first-order valence-electron chi connectivity index (χ1n) is 8.92. The van der Waals surface area contributed by atoms with E-state index >= 15 is 0 Å². The molecule has 0 bridgehead atoms. The van der Waals surface area contributed by atoms with Crippen LogP contribution in [0.1, 0.15) is 17.3 Å². The highest BCUT2D eigenvalue weighted by atomic mass is 127. The summed E-state index contributed by atoms with van der Waals surface area (Å²) in [6, 6.07) is 17.7. The van der Waals surface area contributed by atoms with Gasteiger partial charge in [-0.15, -0.1) is 0 Å². The van der Waals surface area contributed by atoms with Gasteiger partial charge in [0.05, 0.1) is 10.2 Å². The molecule has 0 saturated carbocycles. The number of thiazole rings is 1. The molecule has 0 radical (unpaired) electrons. The minimum atomic E-state index is -0.263. The summed E-state index contributed by atoms with van der Waals surface area (Å²) in [4.78, 5) is 17.2. The monoisotopic (exact) mass is 616 g/mol. The van der Waals surface area contributed by atoms with Gasteiger partial charge in [0.25, 0.3) is 5.91 Å². The number of aromatic nitrogens is 1. The number of carbonyl (C=O) groups excluding carboxylic acids is 1. The molecule has 4 rings (SSSR count). The van der Waals surface area contributed by atoms with Crippen molar-refractivity contribution >= 4 is 43.9 Å². The topological polar surface area (TPSA) is 60.5 Å². The van der Waals surface area contributed by atoms with Crippen molar-refractivity contribution in [3.63, 3.8) is 0 Å². The summed E-state index contributed by atoms with van der Waals surface area (Å²) in [7, 11) is 0. The summed E-state index contributed by atoms with van der Waals surface area (Å²) < 4.78 is 14.3. The van der Waals surface area contributed by atoms with Gasteiger partial charge >= 0.3 is 21.2 Å². The standard InChI is InChI=1S/C21H17IN2O3S2.BrH/c1-2-26-13-27-16-8-9-17-18(12-16)29-21(23-17)24-20(25)14-5-3-6-15(11-14)22-19-7-4-10-28-19;/h3-12H,2,13H2,1H3;1H. The van der Waals surface area contributed by atoms with E-state index in [0.717, 1.165) is 16.0 Å². The molecule has 2 aromatic heterocycles. The predicted octanol–water partition coefficient (Wildman–Crippen LogP) is -0.885. The second-order valence-electron chi connectivity index (χ2n) is 5.88. The Morgan fingerprint density at radius 1 is 1.17 bits per heavy atom. The maximum atomic E-state index is 12.7. The molecule has 2 heterocycles. The number of thiophene rings is 1. The van der Waals surface area contributed by atoms with Crippen LogP contribution in [-0.2, 0) is 4.74 Å². The number of nitrogens with zero attached hydrogens (tertiary/aromatic N) is 1. The van der Waals surface area contributed by atoms with Crippen LogP contribution >= 0.6 is 22.7 Å². The fourth-order valence-corrected chi connectivity index (χ4v) is 7.20. The van der Waals surface area contributed by atoms with Crippen LogP contribution in [0.4, 0.5) is 5.13 Å². The smallest absolute Gasteiger partial charge is 0.369 e. The molecule has 0 unspecified atom stereocenters. The Morgan fingerprint density at radius 3 is 2.87 bits per heavy atom. The molecule has 1 N–H and O–H groups in total. The summed E-state index contributed by atoms with van der Waals surface area (Å²) in [6.45, 7) is 2.74. The minimum absolute atomic E-state index is 0. The minimum Gasteiger partial charge on any atom is -1.00 e. The highest BCUT2D eigenvalue weighted by Gasteiger charge is 2.19. The molecule has 4 aromatic rings. The van der Waals surface area contributed by atoms with Crippen molar-refractivity contribution < 1.29 is 52.5 Å². The molecule has 30 heavy (non-hydrogen) atoms. The van der Waals surface area contributed by atoms with Gasteiger partial charge in [-0.05, 0) is 48.7 Å². The van der Waals surface area contributed by atoms with Crippen molar-refractivity contribution in [3.05, 3.63) is 72.0 Å². The van der Waals surface area contributed by atoms with Gasteiger partial charge < -0.3 is 26.5 Å². The summed E-state index contributed by atoms with van der Waals surface area (Å²) >= 11 is 2.93. The van der Waals surface area contributed by atoms with Crippen LogP contribution in [0.25, 0.3) is 10.2 Å². The molecular formula is C21H18BrIN2O3S2. The molecule has 0 aliphatic heterocycles. The molecule has 0 saturated heterocycles. The first-order chi connectivity index (χ1) is 14.2. The van der Waals surface area contributed by atoms with Crippen LogP contribution in [0.2, 0.25) is 0 Å². The zero-order chi connectivity index (χ0) is 20.1. The highest BCUT2D eigenvalue weighted by molar-refractivity contribution is 7.22. The van der Waals surface area contributed by atoms with Crippen molar-refractivity contribution in [2.75, 3.05) is 18.7 Å². The Bertz CT molecular complexity index is 1120. The summed E-state index contributed by atoms with van der Waals surface area (Å²) in [5.74, 6) is 0.576. The van der Waals surface area contributed by atoms with Gasteiger partial charge in [0, 0.05) is 24.3 Å². The van der Waals surface area contributed by atoms with Crippen LogP contribution < -0.4 is 48.2 Å². The SMILES string of the molecule is CCOCOc1ccc2nc(NC(=O)c3cccc([I+]c4cccs4)c3)sc2c1.[Br-]. The summed E-state index contributed by atoms with van der Waals surface area (Å²) in [6.07, 6.45) is 0. The first kappa shape index (κ1) is 23.1. The Morgan fingerprint density at radius 2 is 2.07 bits per heavy atom. The van der Waals surface area contributed by atoms with Crippen molar-refractivity contribution in [2.24, 2.45) is 0 Å². The molecule has 156 valence electrons. The maximum Gasteiger partial charge on any atom is 0.369 e. The van der Waals surface area contributed by atoms with Crippen LogP contribution in [0.3, 0.4) is 0 Å². The van der Waals surface area contributed by atoms with Gasteiger partial charge in [-0.3, -0.25) is 10.1 Å². The lowest BCUT2D eigenvalue weighted by Gasteiger charge is -2.04. The predicted molar refractivity (Wildman–Crippen MR) is 113 cm³/mol. The summed E-state index contributed by atoms with van der Waals surface area (Å²) in [5.41, 5.74) is 1.48. The number of hydrogen-bond acceptors (Lipinski definition) is 6. The molecular weight excluding hydrogens is 599 g/mol. The van der Waals surface area contributed by atoms with Gasteiger partial charge in [-0.1, -0.05) is 28.7 Å². The Labute approximate surface area is 203 Å². The van der Waals surface area contributed by atoms with Crippen molar-refractivity contribution in [1.82, 2.24) is 4.98 Å². The molecule has 0 atom stereocenters. The normalized spacial score (nSPS) is 10.6. The van der Waals surface area contributed by atoms with Gasteiger partial charge in [-0.25, -0.2) is 4.98 Å². The summed E-state index contributed by atoms with van der Waals surface area (Å²) in [5, 5.41) is 5.59. The molecule has 0 aliphatic rings. The number of amides is 1. The van der Waals surface area contributed by atoms with E-state index in [9.17, 15) is 4.79 Å². The third-order valence-electron chi connectivity index (χ3n) is 3.87. The number of anilines is 1. The van der Waals surface area contributed by atoms with Gasteiger partial charge in [-0.2, -0.15) is 0 Å². The van der Waals surface area contributed by atoms with Crippen LogP contribution in [0.5, 0.6) is 5.75 Å². The van der Waals surface area contributed by atoms with E-state index in [1.54, 1.807) is 11.3 Å². The fraction of sp³-hybridized carbons (Fsp3) is 0.143.